The zero-order valence-corrected chi connectivity index (χ0v) is 17.5. The summed E-state index contributed by atoms with van der Waals surface area (Å²) in [5.74, 6) is 6.15. The second-order valence-electron chi connectivity index (χ2n) is 7.21. The maximum atomic E-state index is 12.9. The molecule has 0 aliphatic carbocycles. The molecule has 1 aliphatic rings. The standard InChI is InChI=1S/C16H28N3O5S2/c1-12-9-13(2)16(14(3)10-12)26(22,23)24-19(17)8-6-7-15(11-19)25(20,21)18(4)5/h9-10,15H,6-8,11,17H2,1-5H3/q+1. The summed E-state index contributed by atoms with van der Waals surface area (Å²) >= 11 is 0. The van der Waals surface area contributed by atoms with E-state index in [1.165, 1.54) is 14.1 Å². The van der Waals surface area contributed by atoms with Gasteiger partial charge in [0.05, 0.1) is 0 Å². The molecular formula is C16H28N3O5S2+. The van der Waals surface area contributed by atoms with E-state index in [2.05, 4.69) is 0 Å². The summed E-state index contributed by atoms with van der Waals surface area (Å²) in [7, 11) is -4.80. The van der Waals surface area contributed by atoms with Crippen molar-refractivity contribution < 1.29 is 25.9 Å². The quantitative estimate of drug-likeness (QED) is 0.577. The molecule has 148 valence electrons. The van der Waals surface area contributed by atoms with Gasteiger partial charge in [0.15, 0.2) is 0 Å². The molecule has 1 aromatic rings. The van der Waals surface area contributed by atoms with Gasteiger partial charge in [-0.05, 0) is 42.6 Å². The van der Waals surface area contributed by atoms with Crippen LogP contribution in [0.1, 0.15) is 29.5 Å². The summed E-state index contributed by atoms with van der Waals surface area (Å²) in [4.78, 5) is 0.0867. The van der Waals surface area contributed by atoms with Crippen LogP contribution in [0.25, 0.3) is 0 Å². The average molecular weight is 407 g/mol. The Bertz CT molecular complexity index is 873. The second-order valence-corrected chi connectivity index (χ2v) is 11.1. The Morgan fingerprint density at radius 1 is 1.12 bits per heavy atom. The number of sulfonamides is 1. The van der Waals surface area contributed by atoms with Crippen LogP contribution < -0.4 is 5.84 Å². The van der Waals surface area contributed by atoms with E-state index in [-0.39, 0.29) is 18.0 Å². The Morgan fingerprint density at radius 3 is 2.15 bits per heavy atom. The highest BCUT2D eigenvalue weighted by Crippen LogP contribution is 2.29. The molecule has 0 amide bonds. The van der Waals surface area contributed by atoms with Gasteiger partial charge in [0.1, 0.15) is 23.2 Å². The number of rotatable bonds is 5. The van der Waals surface area contributed by atoms with Gasteiger partial charge >= 0.3 is 10.1 Å². The smallest absolute Gasteiger partial charge is 0.212 e. The molecule has 0 spiro atoms. The van der Waals surface area contributed by atoms with Crippen molar-refractivity contribution in [1.29, 1.82) is 0 Å². The number of quaternary nitrogens is 1. The molecule has 26 heavy (non-hydrogen) atoms. The predicted octanol–water partition coefficient (Wildman–Crippen LogP) is 0.976. The van der Waals surface area contributed by atoms with Gasteiger partial charge in [-0.15, -0.1) is 5.84 Å². The van der Waals surface area contributed by atoms with Crippen LogP contribution in [0, 0.1) is 20.8 Å². The van der Waals surface area contributed by atoms with E-state index >= 15 is 0 Å². The van der Waals surface area contributed by atoms with E-state index in [0.717, 1.165) is 9.87 Å². The Hall–Kier alpha value is -1.04. The number of nitrogens with zero attached hydrogens (tertiary/aromatic N) is 2. The van der Waals surface area contributed by atoms with Gasteiger partial charge < -0.3 is 0 Å². The second kappa shape index (κ2) is 7.17. The van der Waals surface area contributed by atoms with E-state index in [1.54, 1.807) is 26.0 Å². The molecule has 1 saturated heterocycles. The fraction of sp³-hybridized carbons (Fsp3) is 0.625. The van der Waals surface area contributed by atoms with Gasteiger partial charge in [-0.25, -0.2) is 12.7 Å². The minimum Gasteiger partial charge on any atom is -0.212 e. The van der Waals surface area contributed by atoms with E-state index < -0.39 is 30.1 Å². The van der Waals surface area contributed by atoms with Crippen molar-refractivity contribution in [3.8, 4) is 0 Å². The highest BCUT2D eigenvalue weighted by atomic mass is 32.2. The van der Waals surface area contributed by atoms with Crippen molar-refractivity contribution in [2.45, 2.75) is 43.8 Å². The maximum absolute atomic E-state index is 12.9. The van der Waals surface area contributed by atoms with E-state index in [9.17, 15) is 16.8 Å². The lowest BCUT2D eigenvalue weighted by atomic mass is 10.1. The van der Waals surface area contributed by atoms with Crippen LogP contribution in [0.3, 0.4) is 0 Å². The van der Waals surface area contributed by atoms with Crippen molar-refractivity contribution >= 4 is 20.1 Å². The summed E-state index contributed by atoms with van der Waals surface area (Å²) in [6, 6.07) is 3.53. The number of hydrogen-bond acceptors (Lipinski definition) is 6. The fourth-order valence-electron chi connectivity index (χ4n) is 3.52. The van der Waals surface area contributed by atoms with E-state index in [4.69, 9.17) is 10.1 Å². The Balaban J connectivity index is 2.34. The highest BCUT2D eigenvalue weighted by molar-refractivity contribution is 7.89. The Kier molecular flexibility index (Phi) is 5.87. The van der Waals surface area contributed by atoms with Gasteiger partial charge in [-0.3, -0.25) is 0 Å². The predicted molar refractivity (Wildman–Crippen MR) is 98.7 cm³/mol. The molecule has 1 heterocycles. The van der Waals surface area contributed by atoms with E-state index in [0.29, 0.717) is 24.0 Å². The minimum absolute atomic E-state index is 0.0867. The lowest BCUT2D eigenvalue weighted by molar-refractivity contribution is -1.09. The summed E-state index contributed by atoms with van der Waals surface area (Å²) < 4.78 is 56.3. The molecule has 2 rings (SSSR count). The number of nitrogens with two attached hydrogens (primary N) is 1. The SMILES string of the molecule is Cc1cc(C)c(S(=O)(=O)O[N+]2(N)CCCC(S(=O)(=O)N(C)C)C2)c(C)c1. The van der Waals surface area contributed by atoms with Crippen LogP contribution in [0.15, 0.2) is 17.0 Å². The van der Waals surface area contributed by atoms with Gasteiger partial charge in [-0.1, -0.05) is 22.5 Å². The molecule has 8 nitrogen and oxygen atoms in total. The monoisotopic (exact) mass is 406 g/mol. The van der Waals surface area contributed by atoms with E-state index in [1.807, 2.05) is 6.92 Å². The molecule has 2 N–H and O–H groups in total. The van der Waals surface area contributed by atoms with Crippen LogP contribution in [-0.2, 0) is 24.4 Å². The normalized spacial score (nSPS) is 24.8. The van der Waals surface area contributed by atoms with Gasteiger partial charge in [-0.2, -0.15) is 8.42 Å². The molecule has 1 aliphatic heterocycles. The van der Waals surface area contributed by atoms with Crippen LogP contribution in [-0.4, -0.2) is 58.3 Å². The number of hydrogen-bond donors (Lipinski definition) is 1. The number of benzene rings is 1. The van der Waals surface area contributed by atoms with Gasteiger partial charge in [0, 0.05) is 20.5 Å². The molecule has 1 aromatic carbocycles. The summed E-state index contributed by atoms with van der Waals surface area (Å²) in [5.41, 5.74) is 2.10. The first-order valence-electron chi connectivity index (χ1n) is 8.39. The average Bonchev–Trinajstić information content (AvgIpc) is 2.44. The third-order valence-electron chi connectivity index (χ3n) is 4.61. The zero-order chi connectivity index (χ0) is 19.9. The third kappa shape index (κ3) is 4.26. The summed E-state index contributed by atoms with van der Waals surface area (Å²) in [6.45, 7) is 5.39. The molecule has 1 fully saturated rings. The number of aryl methyl sites for hydroxylation is 3. The maximum Gasteiger partial charge on any atom is 0.345 e. The molecular weight excluding hydrogens is 378 g/mol. The molecule has 0 bridgehead atoms. The van der Waals surface area contributed by atoms with Crippen LogP contribution >= 0.6 is 0 Å². The molecule has 2 atom stereocenters. The summed E-state index contributed by atoms with van der Waals surface area (Å²) in [5, 5.41) is -0.785. The van der Waals surface area contributed by atoms with Gasteiger partial charge in [0.25, 0.3) is 0 Å². The lowest BCUT2D eigenvalue weighted by Gasteiger charge is -2.36. The molecule has 0 aromatic heterocycles. The van der Waals surface area contributed by atoms with Crippen LogP contribution in [0.5, 0.6) is 0 Å². The zero-order valence-electron chi connectivity index (χ0n) is 15.9. The van der Waals surface area contributed by atoms with Crippen molar-refractivity contribution in [3.63, 3.8) is 0 Å². The lowest BCUT2D eigenvalue weighted by Crippen LogP contribution is -2.63. The van der Waals surface area contributed by atoms with Crippen molar-refractivity contribution in [2.75, 3.05) is 27.2 Å². The van der Waals surface area contributed by atoms with Crippen molar-refractivity contribution in [1.82, 2.24) is 4.31 Å². The number of piperidine rings is 1. The van der Waals surface area contributed by atoms with Gasteiger partial charge in [0.2, 0.25) is 10.0 Å². The Morgan fingerprint density at radius 2 is 1.65 bits per heavy atom. The first-order chi connectivity index (χ1) is 11.8. The largest absolute Gasteiger partial charge is 0.345 e. The van der Waals surface area contributed by atoms with Crippen molar-refractivity contribution in [3.05, 3.63) is 28.8 Å². The first kappa shape index (κ1) is 21.3. The number of hydroxylamine groups is 2. The first-order valence-corrected chi connectivity index (χ1v) is 11.3. The summed E-state index contributed by atoms with van der Waals surface area (Å²) in [6.07, 6.45) is 0.874. The van der Waals surface area contributed by atoms with Crippen LogP contribution in [0.2, 0.25) is 0 Å². The Labute approximate surface area is 156 Å². The molecule has 0 saturated carbocycles. The molecule has 10 heteroatoms. The third-order valence-corrected chi connectivity index (χ3v) is 8.49. The topological polar surface area (TPSA) is 107 Å². The molecule has 0 radical (unpaired) electrons. The fourth-order valence-corrected chi connectivity index (χ4v) is 6.53. The molecule has 2 unspecified atom stereocenters. The van der Waals surface area contributed by atoms with Crippen LogP contribution in [0.4, 0.5) is 0 Å². The van der Waals surface area contributed by atoms with Crippen molar-refractivity contribution in [2.24, 2.45) is 5.84 Å². The highest BCUT2D eigenvalue weighted by Gasteiger charge is 2.45. The minimum atomic E-state index is -4.15.